The number of hydrogen-bond donors (Lipinski definition) is 1. The Labute approximate surface area is 167 Å². The predicted octanol–water partition coefficient (Wildman–Crippen LogP) is 2.52. The van der Waals surface area contributed by atoms with Crippen molar-refractivity contribution in [3.8, 4) is 0 Å². The summed E-state index contributed by atoms with van der Waals surface area (Å²) in [6.07, 6.45) is 4.85. The largest absolute Gasteiger partial charge is 0.375 e. The highest BCUT2D eigenvalue weighted by Crippen LogP contribution is 2.38. The highest BCUT2D eigenvalue weighted by molar-refractivity contribution is 5.77. The van der Waals surface area contributed by atoms with Crippen molar-refractivity contribution in [2.45, 2.75) is 51.2 Å². The quantitative estimate of drug-likeness (QED) is 0.779. The third kappa shape index (κ3) is 6.04. The standard InChI is InChI=1S/C22H32N2O4/c1-18(25)23-11-7-19-8-14-28-22(15-19)9-12-24(13-10-22)21(26)17-27-16-20-5-3-2-4-6-20/h2-6,19H,7-17H2,1H3,(H,23,25). The Hall–Kier alpha value is -1.92. The lowest BCUT2D eigenvalue weighted by atomic mass is 9.78. The molecular weight excluding hydrogens is 356 g/mol. The van der Waals surface area contributed by atoms with E-state index in [1.165, 1.54) is 0 Å². The van der Waals surface area contributed by atoms with Crippen LogP contribution in [-0.2, 0) is 25.7 Å². The molecule has 0 aliphatic carbocycles. The summed E-state index contributed by atoms with van der Waals surface area (Å²) < 4.78 is 11.8. The molecule has 2 heterocycles. The molecule has 1 unspecified atom stereocenters. The second-order valence-electron chi connectivity index (χ2n) is 8.02. The highest BCUT2D eigenvalue weighted by Gasteiger charge is 2.40. The summed E-state index contributed by atoms with van der Waals surface area (Å²) in [5.41, 5.74) is 0.981. The number of benzene rings is 1. The van der Waals surface area contributed by atoms with Gasteiger partial charge in [-0.25, -0.2) is 0 Å². The minimum atomic E-state index is -0.0964. The van der Waals surface area contributed by atoms with Gasteiger partial charge in [-0.15, -0.1) is 0 Å². The number of carbonyl (C=O) groups is 2. The van der Waals surface area contributed by atoms with Gasteiger partial charge in [0.1, 0.15) is 6.61 Å². The summed E-state index contributed by atoms with van der Waals surface area (Å²) in [7, 11) is 0. The summed E-state index contributed by atoms with van der Waals surface area (Å²) in [4.78, 5) is 25.4. The lowest BCUT2D eigenvalue weighted by Crippen LogP contribution is -2.51. The van der Waals surface area contributed by atoms with Gasteiger partial charge in [0.05, 0.1) is 12.2 Å². The van der Waals surface area contributed by atoms with E-state index >= 15 is 0 Å². The van der Waals surface area contributed by atoms with Crippen LogP contribution in [0.5, 0.6) is 0 Å². The van der Waals surface area contributed by atoms with Crippen LogP contribution in [0, 0.1) is 5.92 Å². The fourth-order valence-electron chi connectivity index (χ4n) is 4.26. The molecular formula is C22H32N2O4. The van der Waals surface area contributed by atoms with E-state index in [-0.39, 0.29) is 24.0 Å². The molecule has 0 radical (unpaired) electrons. The molecule has 1 aromatic carbocycles. The number of hydrogen-bond acceptors (Lipinski definition) is 4. The van der Waals surface area contributed by atoms with Crippen LogP contribution in [0.2, 0.25) is 0 Å². The first-order chi connectivity index (χ1) is 13.6. The Morgan fingerprint density at radius 2 is 2.00 bits per heavy atom. The number of likely N-dealkylation sites (tertiary alicyclic amines) is 1. The molecule has 6 heteroatoms. The van der Waals surface area contributed by atoms with Gasteiger partial charge in [-0.2, -0.15) is 0 Å². The van der Waals surface area contributed by atoms with Gasteiger partial charge in [0.15, 0.2) is 0 Å². The number of rotatable bonds is 7. The molecule has 1 spiro atoms. The topological polar surface area (TPSA) is 67.9 Å². The van der Waals surface area contributed by atoms with Crippen LogP contribution in [-0.4, -0.2) is 55.2 Å². The second-order valence-corrected chi connectivity index (χ2v) is 8.02. The van der Waals surface area contributed by atoms with Gasteiger partial charge in [0.2, 0.25) is 11.8 Å². The van der Waals surface area contributed by atoms with E-state index < -0.39 is 0 Å². The van der Waals surface area contributed by atoms with E-state index in [9.17, 15) is 9.59 Å². The summed E-state index contributed by atoms with van der Waals surface area (Å²) in [6, 6.07) is 9.90. The fraction of sp³-hybridized carbons (Fsp3) is 0.636. The van der Waals surface area contributed by atoms with E-state index in [0.29, 0.717) is 12.5 Å². The van der Waals surface area contributed by atoms with Gasteiger partial charge in [0, 0.05) is 33.2 Å². The number of piperidine rings is 1. The fourth-order valence-corrected chi connectivity index (χ4v) is 4.26. The normalized spacial score (nSPS) is 21.5. The lowest BCUT2D eigenvalue weighted by molar-refractivity contribution is -0.151. The van der Waals surface area contributed by atoms with E-state index in [4.69, 9.17) is 9.47 Å². The van der Waals surface area contributed by atoms with Gasteiger partial charge in [-0.05, 0) is 43.6 Å². The Bertz CT molecular complexity index is 641. The maximum atomic E-state index is 12.4. The number of ether oxygens (including phenoxy) is 2. The Kier molecular flexibility index (Phi) is 7.45. The highest BCUT2D eigenvalue weighted by atomic mass is 16.5. The molecule has 2 aliphatic heterocycles. The number of amides is 2. The van der Waals surface area contributed by atoms with Crippen LogP contribution in [0.4, 0.5) is 0 Å². The maximum Gasteiger partial charge on any atom is 0.248 e. The van der Waals surface area contributed by atoms with Crippen LogP contribution >= 0.6 is 0 Å². The minimum absolute atomic E-state index is 0.0306. The van der Waals surface area contributed by atoms with Crippen molar-refractivity contribution >= 4 is 11.8 Å². The molecule has 154 valence electrons. The van der Waals surface area contributed by atoms with Gasteiger partial charge in [-0.1, -0.05) is 30.3 Å². The van der Waals surface area contributed by atoms with Crippen molar-refractivity contribution in [1.29, 1.82) is 0 Å². The first-order valence-electron chi connectivity index (χ1n) is 10.3. The molecule has 3 rings (SSSR count). The van der Waals surface area contributed by atoms with Crippen molar-refractivity contribution in [3.63, 3.8) is 0 Å². The van der Waals surface area contributed by atoms with Crippen molar-refractivity contribution in [3.05, 3.63) is 35.9 Å². The summed E-state index contributed by atoms with van der Waals surface area (Å²) in [5, 5.41) is 2.89. The van der Waals surface area contributed by atoms with Crippen molar-refractivity contribution in [1.82, 2.24) is 10.2 Å². The van der Waals surface area contributed by atoms with Crippen molar-refractivity contribution in [2.24, 2.45) is 5.92 Å². The molecule has 1 N–H and O–H groups in total. The second kappa shape index (κ2) is 10.0. The molecule has 2 aliphatic rings. The zero-order chi connectivity index (χ0) is 19.8. The minimum Gasteiger partial charge on any atom is -0.375 e. The summed E-state index contributed by atoms with van der Waals surface area (Å²) in [6.45, 7) is 5.11. The lowest BCUT2D eigenvalue weighted by Gasteiger charge is -2.46. The van der Waals surface area contributed by atoms with Gasteiger partial charge < -0.3 is 19.7 Å². The molecule has 28 heavy (non-hydrogen) atoms. The van der Waals surface area contributed by atoms with Crippen LogP contribution < -0.4 is 5.32 Å². The molecule has 2 saturated heterocycles. The third-order valence-electron chi connectivity index (χ3n) is 5.89. The number of nitrogens with one attached hydrogen (secondary N) is 1. The average molecular weight is 389 g/mol. The first kappa shape index (κ1) is 20.8. The molecule has 6 nitrogen and oxygen atoms in total. The molecule has 0 bridgehead atoms. The van der Waals surface area contributed by atoms with Gasteiger partial charge in [-0.3, -0.25) is 9.59 Å². The SMILES string of the molecule is CC(=O)NCCC1CCOC2(CCN(C(=O)COCc3ccccc3)CC2)C1. The van der Waals surface area contributed by atoms with Crippen molar-refractivity contribution < 1.29 is 19.1 Å². The zero-order valence-corrected chi connectivity index (χ0v) is 16.8. The van der Waals surface area contributed by atoms with Crippen LogP contribution in [0.3, 0.4) is 0 Å². The number of carbonyl (C=O) groups excluding carboxylic acids is 2. The molecule has 2 amide bonds. The average Bonchev–Trinajstić information content (AvgIpc) is 2.69. The van der Waals surface area contributed by atoms with Crippen molar-refractivity contribution in [2.75, 3.05) is 32.8 Å². The smallest absolute Gasteiger partial charge is 0.248 e. The van der Waals surface area contributed by atoms with Gasteiger partial charge >= 0.3 is 0 Å². The summed E-state index contributed by atoms with van der Waals surface area (Å²) in [5.74, 6) is 0.670. The van der Waals surface area contributed by atoms with E-state index in [1.54, 1.807) is 6.92 Å². The van der Waals surface area contributed by atoms with Crippen LogP contribution in [0.15, 0.2) is 30.3 Å². The third-order valence-corrected chi connectivity index (χ3v) is 5.89. The molecule has 1 atom stereocenters. The number of nitrogens with zero attached hydrogens (tertiary/aromatic N) is 1. The Morgan fingerprint density at radius 1 is 1.25 bits per heavy atom. The molecule has 1 aromatic rings. The van der Waals surface area contributed by atoms with Gasteiger partial charge in [0.25, 0.3) is 0 Å². The molecule has 0 saturated carbocycles. The van der Waals surface area contributed by atoms with Crippen LogP contribution in [0.1, 0.15) is 44.6 Å². The predicted molar refractivity (Wildman–Crippen MR) is 107 cm³/mol. The molecule has 0 aromatic heterocycles. The maximum absolute atomic E-state index is 12.4. The molecule has 2 fully saturated rings. The Balaban J connectivity index is 1.39. The van der Waals surface area contributed by atoms with E-state index in [1.807, 2.05) is 35.2 Å². The van der Waals surface area contributed by atoms with Crippen LogP contribution in [0.25, 0.3) is 0 Å². The zero-order valence-electron chi connectivity index (χ0n) is 16.8. The summed E-state index contributed by atoms with van der Waals surface area (Å²) >= 11 is 0. The van der Waals surface area contributed by atoms with E-state index in [2.05, 4.69) is 5.32 Å². The van der Waals surface area contributed by atoms with E-state index in [0.717, 1.165) is 63.9 Å². The first-order valence-corrected chi connectivity index (χ1v) is 10.3. The monoisotopic (exact) mass is 388 g/mol. The Morgan fingerprint density at radius 3 is 2.71 bits per heavy atom.